The molecule has 1 saturated heterocycles. The summed E-state index contributed by atoms with van der Waals surface area (Å²) in [5, 5.41) is 3.41. The van der Waals surface area contributed by atoms with Crippen molar-refractivity contribution in [2.24, 2.45) is 5.92 Å². The van der Waals surface area contributed by atoms with Crippen LogP contribution in [0.3, 0.4) is 0 Å². The Morgan fingerprint density at radius 2 is 2.11 bits per heavy atom. The fourth-order valence-corrected chi connectivity index (χ4v) is 2.38. The van der Waals surface area contributed by atoms with Crippen LogP contribution in [0, 0.1) is 5.92 Å². The van der Waals surface area contributed by atoms with Crippen LogP contribution in [0.2, 0.25) is 0 Å². The largest absolute Gasteiger partial charge is 0.411 e. The summed E-state index contributed by atoms with van der Waals surface area (Å²) in [4.78, 5) is 2.20. The first-order valence-corrected chi connectivity index (χ1v) is 6.97. The van der Waals surface area contributed by atoms with Crippen molar-refractivity contribution in [1.29, 1.82) is 0 Å². The van der Waals surface area contributed by atoms with Crippen LogP contribution in [0.4, 0.5) is 13.2 Å². The van der Waals surface area contributed by atoms with E-state index in [1.807, 2.05) is 0 Å². The highest BCUT2D eigenvalue weighted by Gasteiger charge is 2.27. The molecular weight excluding hydrogens is 257 g/mol. The van der Waals surface area contributed by atoms with Gasteiger partial charge in [0.05, 0.1) is 6.61 Å². The summed E-state index contributed by atoms with van der Waals surface area (Å²) in [6.45, 7) is 6.62. The Morgan fingerprint density at radius 3 is 2.63 bits per heavy atom. The molecule has 0 aromatic carbocycles. The molecule has 1 unspecified atom stereocenters. The van der Waals surface area contributed by atoms with Crippen LogP contribution in [0.25, 0.3) is 0 Å². The molecule has 114 valence electrons. The van der Waals surface area contributed by atoms with Crippen LogP contribution >= 0.6 is 0 Å². The predicted molar refractivity (Wildman–Crippen MR) is 69.2 cm³/mol. The number of nitrogens with one attached hydrogen (secondary N) is 1. The lowest BCUT2D eigenvalue weighted by atomic mass is 10.1. The second kappa shape index (κ2) is 8.07. The number of ether oxygens (including phenoxy) is 1. The summed E-state index contributed by atoms with van der Waals surface area (Å²) < 4.78 is 40.6. The molecule has 1 N–H and O–H groups in total. The van der Waals surface area contributed by atoms with Crippen molar-refractivity contribution in [1.82, 2.24) is 10.2 Å². The van der Waals surface area contributed by atoms with Crippen LogP contribution in [-0.4, -0.2) is 56.5 Å². The topological polar surface area (TPSA) is 24.5 Å². The minimum atomic E-state index is -4.23. The van der Waals surface area contributed by atoms with E-state index in [1.54, 1.807) is 0 Å². The van der Waals surface area contributed by atoms with Crippen molar-refractivity contribution in [2.45, 2.75) is 38.9 Å². The van der Waals surface area contributed by atoms with Crippen molar-refractivity contribution < 1.29 is 17.9 Å². The van der Waals surface area contributed by atoms with Crippen LogP contribution in [-0.2, 0) is 4.74 Å². The SMILES string of the molecule is CC(C)CN(CCOCC(F)(F)F)CC1CCCN1. The van der Waals surface area contributed by atoms with Gasteiger partial charge < -0.3 is 10.1 Å². The lowest BCUT2D eigenvalue weighted by molar-refractivity contribution is -0.174. The van der Waals surface area contributed by atoms with Crippen LogP contribution in [0.5, 0.6) is 0 Å². The molecule has 3 nitrogen and oxygen atoms in total. The second-order valence-electron chi connectivity index (χ2n) is 5.61. The zero-order valence-electron chi connectivity index (χ0n) is 11.8. The Bertz CT molecular complexity index is 241. The Balaban J connectivity index is 2.24. The van der Waals surface area contributed by atoms with Crippen molar-refractivity contribution in [2.75, 3.05) is 39.4 Å². The van der Waals surface area contributed by atoms with Gasteiger partial charge in [0.1, 0.15) is 6.61 Å². The molecule has 1 rings (SSSR count). The lowest BCUT2D eigenvalue weighted by Gasteiger charge is -2.27. The van der Waals surface area contributed by atoms with E-state index in [0.717, 1.165) is 26.1 Å². The maximum absolute atomic E-state index is 12.0. The van der Waals surface area contributed by atoms with E-state index >= 15 is 0 Å². The third kappa shape index (κ3) is 8.44. The Kier molecular flexibility index (Phi) is 7.10. The fraction of sp³-hybridized carbons (Fsp3) is 1.00. The first-order chi connectivity index (χ1) is 8.87. The molecule has 0 aromatic heterocycles. The third-order valence-corrected chi connectivity index (χ3v) is 3.08. The van der Waals surface area contributed by atoms with E-state index in [9.17, 15) is 13.2 Å². The highest BCUT2D eigenvalue weighted by Crippen LogP contribution is 2.14. The van der Waals surface area contributed by atoms with E-state index in [2.05, 4.69) is 28.8 Å². The molecule has 1 fully saturated rings. The average molecular weight is 282 g/mol. The molecule has 0 aromatic rings. The summed E-state index contributed by atoms with van der Waals surface area (Å²) in [5.41, 5.74) is 0. The minimum Gasteiger partial charge on any atom is -0.371 e. The number of rotatable bonds is 8. The van der Waals surface area contributed by atoms with Gasteiger partial charge in [-0.25, -0.2) is 0 Å². The molecule has 6 heteroatoms. The van der Waals surface area contributed by atoms with Gasteiger partial charge in [-0.15, -0.1) is 0 Å². The summed E-state index contributed by atoms with van der Waals surface area (Å²) in [6.07, 6.45) is -1.89. The van der Waals surface area contributed by atoms with Crippen molar-refractivity contribution >= 4 is 0 Å². The van der Waals surface area contributed by atoms with Crippen LogP contribution in [0.1, 0.15) is 26.7 Å². The van der Waals surface area contributed by atoms with Gasteiger partial charge in [-0.05, 0) is 25.3 Å². The van der Waals surface area contributed by atoms with E-state index < -0.39 is 12.8 Å². The van der Waals surface area contributed by atoms with Gasteiger partial charge in [0.15, 0.2) is 0 Å². The standard InChI is InChI=1S/C13H25F3N2O/c1-11(2)8-18(9-12-4-3-5-17-12)6-7-19-10-13(14,15)16/h11-12,17H,3-10H2,1-2H3. The average Bonchev–Trinajstić information content (AvgIpc) is 2.74. The normalized spacial score (nSPS) is 20.7. The summed E-state index contributed by atoms with van der Waals surface area (Å²) >= 11 is 0. The van der Waals surface area contributed by atoms with Crippen LogP contribution < -0.4 is 5.32 Å². The van der Waals surface area contributed by atoms with E-state index in [0.29, 0.717) is 18.5 Å². The quantitative estimate of drug-likeness (QED) is 0.691. The Morgan fingerprint density at radius 1 is 1.37 bits per heavy atom. The molecule has 0 aliphatic carbocycles. The highest BCUT2D eigenvalue weighted by atomic mass is 19.4. The third-order valence-electron chi connectivity index (χ3n) is 3.08. The zero-order valence-corrected chi connectivity index (χ0v) is 11.8. The van der Waals surface area contributed by atoms with Gasteiger partial charge in [0, 0.05) is 25.7 Å². The Hall–Kier alpha value is -0.330. The van der Waals surface area contributed by atoms with Crippen molar-refractivity contribution in [3.05, 3.63) is 0 Å². The second-order valence-corrected chi connectivity index (χ2v) is 5.61. The number of alkyl halides is 3. The molecule has 19 heavy (non-hydrogen) atoms. The van der Waals surface area contributed by atoms with Gasteiger partial charge in [-0.2, -0.15) is 13.2 Å². The maximum Gasteiger partial charge on any atom is 0.411 e. The fourth-order valence-electron chi connectivity index (χ4n) is 2.38. The molecule has 0 bridgehead atoms. The van der Waals surface area contributed by atoms with Crippen molar-refractivity contribution in [3.8, 4) is 0 Å². The summed E-state index contributed by atoms with van der Waals surface area (Å²) in [5.74, 6) is 0.504. The molecule has 0 saturated carbocycles. The van der Waals surface area contributed by atoms with E-state index in [-0.39, 0.29) is 6.61 Å². The first kappa shape index (κ1) is 16.7. The lowest BCUT2D eigenvalue weighted by Crippen LogP contribution is -2.41. The molecule has 1 aliphatic heterocycles. The highest BCUT2D eigenvalue weighted by molar-refractivity contribution is 4.78. The molecule has 1 heterocycles. The molecule has 0 amide bonds. The van der Waals surface area contributed by atoms with Gasteiger partial charge >= 0.3 is 6.18 Å². The van der Waals surface area contributed by atoms with Gasteiger partial charge in [0.2, 0.25) is 0 Å². The summed E-state index contributed by atoms with van der Waals surface area (Å²) in [7, 11) is 0. The molecule has 1 aliphatic rings. The van der Waals surface area contributed by atoms with Gasteiger partial charge in [0.25, 0.3) is 0 Å². The number of halogens is 3. The molecule has 0 spiro atoms. The van der Waals surface area contributed by atoms with E-state index in [4.69, 9.17) is 0 Å². The van der Waals surface area contributed by atoms with E-state index in [1.165, 1.54) is 6.42 Å². The Labute approximate surface area is 113 Å². The number of hydrogen-bond acceptors (Lipinski definition) is 3. The minimum absolute atomic E-state index is 0.138. The maximum atomic E-state index is 12.0. The monoisotopic (exact) mass is 282 g/mol. The molecular formula is C13H25F3N2O. The zero-order chi connectivity index (χ0) is 14.3. The predicted octanol–water partition coefficient (Wildman–Crippen LogP) is 2.28. The number of nitrogens with zero attached hydrogens (tertiary/aromatic N) is 1. The van der Waals surface area contributed by atoms with Crippen LogP contribution in [0.15, 0.2) is 0 Å². The smallest absolute Gasteiger partial charge is 0.371 e. The molecule has 1 atom stereocenters. The first-order valence-electron chi connectivity index (χ1n) is 6.97. The van der Waals surface area contributed by atoms with Gasteiger partial charge in [-0.1, -0.05) is 13.8 Å². The molecule has 0 radical (unpaired) electrons. The van der Waals surface area contributed by atoms with Crippen molar-refractivity contribution in [3.63, 3.8) is 0 Å². The summed E-state index contributed by atoms with van der Waals surface area (Å²) in [6, 6.07) is 0.473. The number of hydrogen-bond donors (Lipinski definition) is 1. The van der Waals surface area contributed by atoms with Gasteiger partial charge in [-0.3, -0.25) is 4.90 Å².